The van der Waals surface area contributed by atoms with E-state index in [0.717, 1.165) is 37.3 Å². The molecule has 0 N–H and O–H groups in total. The van der Waals surface area contributed by atoms with Crippen LogP contribution < -0.4 is 4.90 Å². The summed E-state index contributed by atoms with van der Waals surface area (Å²) in [6.07, 6.45) is 6.27. The number of thiazole rings is 1. The summed E-state index contributed by atoms with van der Waals surface area (Å²) in [5.41, 5.74) is 0.377. The van der Waals surface area contributed by atoms with E-state index in [2.05, 4.69) is 9.88 Å². The maximum Gasteiger partial charge on any atom is 0.204 e. The zero-order valence-corrected chi connectivity index (χ0v) is 14.5. The molecule has 3 rings (SSSR count). The Morgan fingerprint density at radius 3 is 2.65 bits per heavy atom. The van der Waals surface area contributed by atoms with Crippen LogP contribution in [0.2, 0.25) is 0 Å². The Kier molecular flexibility index (Phi) is 4.50. The van der Waals surface area contributed by atoms with Crippen LogP contribution in [0.3, 0.4) is 0 Å². The fraction of sp³-hybridized carbons (Fsp3) is 0.375. The maximum absolute atomic E-state index is 12.6. The lowest BCUT2D eigenvalue weighted by molar-refractivity contribution is 0.104. The largest absolute Gasteiger partial charge is 0.348 e. The number of ketones is 1. The molecule has 7 heteroatoms. The molecule has 0 aliphatic carbocycles. The van der Waals surface area contributed by atoms with Gasteiger partial charge in [-0.1, -0.05) is 23.5 Å². The van der Waals surface area contributed by atoms with Crippen LogP contribution >= 0.6 is 11.3 Å². The molecule has 0 unspecified atom stereocenters. The van der Waals surface area contributed by atoms with Crippen molar-refractivity contribution in [1.82, 2.24) is 4.98 Å². The van der Waals surface area contributed by atoms with Gasteiger partial charge in [-0.25, -0.2) is 13.4 Å². The number of nitrogens with zero attached hydrogens (tertiary/aromatic N) is 2. The van der Waals surface area contributed by atoms with E-state index in [1.54, 1.807) is 18.3 Å². The smallest absolute Gasteiger partial charge is 0.204 e. The Bertz CT molecular complexity index is 821. The summed E-state index contributed by atoms with van der Waals surface area (Å²) in [7, 11) is -3.33. The topological polar surface area (TPSA) is 67.3 Å². The molecule has 0 spiro atoms. The van der Waals surface area contributed by atoms with Gasteiger partial charge in [0.25, 0.3) is 0 Å². The van der Waals surface area contributed by atoms with Crippen molar-refractivity contribution in [3.05, 3.63) is 40.9 Å². The third kappa shape index (κ3) is 3.61. The van der Waals surface area contributed by atoms with E-state index >= 15 is 0 Å². The lowest BCUT2D eigenvalue weighted by atomic mass is 10.1. The molecule has 0 bridgehead atoms. The minimum Gasteiger partial charge on any atom is -0.348 e. The molecule has 1 aromatic heterocycles. The zero-order valence-electron chi connectivity index (χ0n) is 12.9. The number of aromatic nitrogens is 1. The maximum atomic E-state index is 12.6. The molecule has 2 aromatic rings. The molecule has 2 heterocycles. The number of benzene rings is 1. The molecule has 0 saturated carbocycles. The van der Waals surface area contributed by atoms with Gasteiger partial charge < -0.3 is 4.90 Å². The number of rotatable bonds is 4. The van der Waals surface area contributed by atoms with Gasteiger partial charge >= 0.3 is 0 Å². The van der Waals surface area contributed by atoms with Crippen molar-refractivity contribution in [2.45, 2.75) is 24.2 Å². The average molecular weight is 350 g/mol. The Balaban J connectivity index is 1.85. The van der Waals surface area contributed by atoms with Crippen molar-refractivity contribution >= 4 is 32.1 Å². The minimum atomic E-state index is -3.33. The minimum absolute atomic E-state index is 0.157. The Morgan fingerprint density at radius 1 is 1.22 bits per heavy atom. The van der Waals surface area contributed by atoms with Crippen LogP contribution in [0.4, 0.5) is 5.13 Å². The molecule has 0 radical (unpaired) electrons. The quantitative estimate of drug-likeness (QED) is 0.793. The summed E-state index contributed by atoms with van der Waals surface area (Å²) < 4.78 is 23.3. The van der Waals surface area contributed by atoms with Crippen LogP contribution in [0.1, 0.15) is 34.5 Å². The summed E-state index contributed by atoms with van der Waals surface area (Å²) in [5, 5.41) is 0.868. The third-order valence-corrected chi connectivity index (χ3v) is 6.04. The van der Waals surface area contributed by atoms with Crippen LogP contribution in [0.15, 0.2) is 35.4 Å². The van der Waals surface area contributed by atoms with E-state index < -0.39 is 9.84 Å². The zero-order chi connectivity index (χ0) is 16.4. The highest BCUT2D eigenvalue weighted by Gasteiger charge is 2.19. The predicted octanol–water partition coefficient (Wildman–Crippen LogP) is 2.77. The molecular weight excluding hydrogens is 332 g/mol. The van der Waals surface area contributed by atoms with E-state index in [1.165, 1.54) is 29.9 Å². The first-order valence-corrected chi connectivity index (χ1v) is 10.2. The summed E-state index contributed by atoms with van der Waals surface area (Å²) in [6, 6.07) is 6.16. The molecule has 0 atom stereocenters. The van der Waals surface area contributed by atoms with E-state index in [0.29, 0.717) is 10.4 Å². The molecule has 1 aromatic carbocycles. The van der Waals surface area contributed by atoms with Crippen molar-refractivity contribution in [1.29, 1.82) is 0 Å². The fourth-order valence-electron chi connectivity index (χ4n) is 2.61. The second-order valence-corrected chi connectivity index (χ2v) is 8.71. The van der Waals surface area contributed by atoms with Gasteiger partial charge in [-0.15, -0.1) is 0 Å². The van der Waals surface area contributed by atoms with Gasteiger partial charge in [0.15, 0.2) is 15.0 Å². The molecule has 1 aliphatic rings. The van der Waals surface area contributed by atoms with Gasteiger partial charge in [0.2, 0.25) is 5.78 Å². The molecule has 122 valence electrons. The molecule has 0 amide bonds. The molecule has 1 fully saturated rings. The lowest BCUT2D eigenvalue weighted by Crippen LogP contribution is -2.29. The monoisotopic (exact) mass is 350 g/mol. The summed E-state index contributed by atoms with van der Waals surface area (Å²) in [4.78, 5) is 19.8. The highest BCUT2D eigenvalue weighted by molar-refractivity contribution is 7.90. The molecular formula is C16H18N2O3S2. The Labute approximate surface area is 139 Å². The van der Waals surface area contributed by atoms with Crippen molar-refractivity contribution in [3.63, 3.8) is 0 Å². The molecule has 1 aliphatic heterocycles. The molecule has 1 saturated heterocycles. The van der Waals surface area contributed by atoms with Gasteiger partial charge in [0, 0.05) is 24.9 Å². The van der Waals surface area contributed by atoms with Crippen molar-refractivity contribution in [3.8, 4) is 0 Å². The first-order valence-electron chi connectivity index (χ1n) is 7.51. The highest BCUT2D eigenvalue weighted by atomic mass is 32.2. The fourth-order valence-corrected chi connectivity index (χ4v) is 4.21. The van der Waals surface area contributed by atoms with Crippen molar-refractivity contribution < 1.29 is 13.2 Å². The second-order valence-electron chi connectivity index (χ2n) is 5.68. The Hall–Kier alpha value is -1.73. The van der Waals surface area contributed by atoms with E-state index in [1.807, 2.05) is 0 Å². The van der Waals surface area contributed by atoms with Gasteiger partial charge in [0.1, 0.15) is 0 Å². The normalized spacial score (nSPS) is 15.6. The number of carbonyl (C=O) groups is 1. The summed E-state index contributed by atoms with van der Waals surface area (Å²) in [6.45, 7) is 1.95. The number of sulfone groups is 1. The van der Waals surface area contributed by atoms with Crippen molar-refractivity contribution in [2.24, 2.45) is 0 Å². The summed E-state index contributed by atoms with van der Waals surface area (Å²) in [5.74, 6) is -0.184. The number of hydrogen-bond acceptors (Lipinski definition) is 6. The van der Waals surface area contributed by atoms with E-state index in [-0.39, 0.29) is 10.7 Å². The van der Waals surface area contributed by atoms with Crippen molar-refractivity contribution in [2.75, 3.05) is 24.2 Å². The van der Waals surface area contributed by atoms with Gasteiger partial charge in [-0.3, -0.25) is 4.79 Å². The predicted molar refractivity (Wildman–Crippen MR) is 91.2 cm³/mol. The van der Waals surface area contributed by atoms with Gasteiger partial charge in [-0.2, -0.15) is 0 Å². The number of piperidine rings is 1. The first kappa shape index (κ1) is 16.1. The highest BCUT2D eigenvalue weighted by Crippen LogP contribution is 2.27. The summed E-state index contributed by atoms with van der Waals surface area (Å²) >= 11 is 1.37. The van der Waals surface area contributed by atoms with Crippen LogP contribution in [-0.2, 0) is 9.84 Å². The van der Waals surface area contributed by atoms with Crippen LogP contribution in [-0.4, -0.2) is 38.5 Å². The van der Waals surface area contributed by atoms with Crippen LogP contribution in [0.5, 0.6) is 0 Å². The van der Waals surface area contributed by atoms with Crippen LogP contribution in [0.25, 0.3) is 0 Å². The number of hydrogen-bond donors (Lipinski definition) is 0. The number of anilines is 1. The number of carbonyl (C=O) groups excluding carboxylic acids is 1. The van der Waals surface area contributed by atoms with E-state index in [4.69, 9.17) is 0 Å². The first-order chi connectivity index (χ1) is 10.9. The lowest BCUT2D eigenvalue weighted by Gasteiger charge is -2.25. The molecule has 5 nitrogen and oxygen atoms in total. The SMILES string of the molecule is CS(=O)(=O)c1cccc(C(=O)c2cnc(N3CCCCC3)s2)c1. The molecule has 23 heavy (non-hydrogen) atoms. The van der Waals surface area contributed by atoms with Gasteiger partial charge in [0.05, 0.1) is 16.0 Å². The van der Waals surface area contributed by atoms with Crippen LogP contribution in [0, 0.1) is 0 Å². The Morgan fingerprint density at radius 2 is 1.96 bits per heavy atom. The standard InChI is InChI=1S/C16H18N2O3S2/c1-23(20,21)13-7-5-6-12(10-13)15(19)14-11-17-16(22-14)18-8-3-2-4-9-18/h5-7,10-11H,2-4,8-9H2,1H3. The van der Waals surface area contributed by atoms with Gasteiger partial charge in [-0.05, 0) is 31.4 Å². The second kappa shape index (κ2) is 6.41. The average Bonchev–Trinajstić information content (AvgIpc) is 3.04. The van der Waals surface area contributed by atoms with E-state index in [9.17, 15) is 13.2 Å². The third-order valence-electron chi connectivity index (χ3n) is 3.87.